The largest absolute Gasteiger partial charge is 0.388 e. The monoisotopic (exact) mass is 163 g/mol. The highest BCUT2D eigenvalue weighted by atomic mass is 16.6. The summed E-state index contributed by atoms with van der Waals surface area (Å²) in [5.41, 5.74) is 5.29. The molecule has 0 aromatic carbocycles. The molecule has 5 N–H and O–H groups in total. The Hall–Kier alpha value is -0.200. The number of nitrogens with two attached hydrogens (primary N) is 1. The van der Waals surface area contributed by atoms with Crippen molar-refractivity contribution in [2.45, 2.75) is 37.6 Å². The number of aliphatic hydroxyl groups is 3. The minimum absolute atomic E-state index is 0.584. The molecule has 11 heavy (non-hydrogen) atoms. The number of aliphatic hydroxyl groups excluding tert-OH is 3. The van der Waals surface area contributed by atoms with Crippen LogP contribution in [0.25, 0.3) is 0 Å². The third kappa shape index (κ3) is 1.52. The van der Waals surface area contributed by atoms with E-state index in [2.05, 4.69) is 0 Å². The molecular formula is C6H13NO4. The van der Waals surface area contributed by atoms with Gasteiger partial charge >= 0.3 is 0 Å². The number of hydrogen-bond donors (Lipinski definition) is 4. The molecule has 1 saturated heterocycles. The summed E-state index contributed by atoms with van der Waals surface area (Å²) >= 11 is 0. The predicted molar refractivity (Wildman–Crippen MR) is 36.5 cm³/mol. The second kappa shape index (κ2) is 3.04. The molecule has 1 aliphatic rings. The number of ether oxygens (including phenoxy) is 1. The van der Waals surface area contributed by atoms with Crippen molar-refractivity contribution in [3.8, 4) is 0 Å². The molecule has 5 heteroatoms. The molecule has 0 unspecified atom stereocenters. The molecule has 0 aliphatic carbocycles. The maximum atomic E-state index is 9.17. The van der Waals surface area contributed by atoms with E-state index < -0.39 is 30.6 Å². The van der Waals surface area contributed by atoms with Crippen molar-refractivity contribution < 1.29 is 20.1 Å². The van der Waals surface area contributed by atoms with Gasteiger partial charge in [0, 0.05) is 0 Å². The summed E-state index contributed by atoms with van der Waals surface area (Å²) in [6.07, 6.45) is -3.91. The van der Waals surface area contributed by atoms with E-state index >= 15 is 0 Å². The molecule has 5 nitrogen and oxygen atoms in total. The molecule has 0 bridgehead atoms. The molecule has 66 valence electrons. The van der Waals surface area contributed by atoms with Gasteiger partial charge in [-0.25, -0.2) is 0 Å². The van der Waals surface area contributed by atoms with Crippen LogP contribution in [-0.4, -0.2) is 46.0 Å². The van der Waals surface area contributed by atoms with Crippen molar-refractivity contribution in [2.75, 3.05) is 0 Å². The molecule has 1 aliphatic heterocycles. The Morgan fingerprint density at radius 2 is 1.73 bits per heavy atom. The van der Waals surface area contributed by atoms with E-state index in [9.17, 15) is 5.11 Å². The highest BCUT2D eigenvalue weighted by Crippen LogP contribution is 2.17. The molecule has 0 radical (unpaired) electrons. The van der Waals surface area contributed by atoms with Crippen molar-refractivity contribution in [3.05, 3.63) is 0 Å². The van der Waals surface area contributed by atoms with Gasteiger partial charge in [-0.1, -0.05) is 0 Å². The quantitative estimate of drug-likeness (QED) is 0.324. The first-order chi connectivity index (χ1) is 5.04. The lowest BCUT2D eigenvalue weighted by molar-refractivity contribution is -0.236. The van der Waals surface area contributed by atoms with Gasteiger partial charge in [-0.15, -0.1) is 0 Å². The molecule has 0 spiro atoms. The van der Waals surface area contributed by atoms with Gasteiger partial charge in [0.05, 0.1) is 12.1 Å². The SMILES string of the molecule is C[C@H]1O[C@@H](O)[C@H](N)[C@@H](O)[C@H]1O. The summed E-state index contributed by atoms with van der Waals surface area (Å²) in [6.45, 7) is 1.56. The van der Waals surface area contributed by atoms with E-state index in [1.54, 1.807) is 6.92 Å². The summed E-state index contributed by atoms with van der Waals surface area (Å²) in [7, 11) is 0. The summed E-state index contributed by atoms with van der Waals surface area (Å²) in [4.78, 5) is 0. The number of rotatable bonds is 0. The third-order valence-electron chi connectivity index (χ3n) is 1.91. The maximum Gasteiger partial charge on any atom is 0.172 e. The van der Waals surface area contributed by atoms with Crippen LogP contribution in [0.3, 0.4) is 0 Å². The Bertz CT molecular complexity index is 129. The first kappa shape index (κ1) is 8.89. The van der Waals surface area contributed by atoms with Crippen LogP contribution in [0.4, 0.5) is 0 Å². The fourth-order valence-electron chi connectivity index (χ4n) is 1.07. The van der Waals surface area contributed by atoms with Crippen molar-refractivity contribution >= 4 is 0 Å². The van der Waals surface area contributed by atoms with Crippen LogP contribution < -0.4 is 5.73 Å². The molecule has 0 saturated carbocycles. The molecule has 1 fully saturated rings. The first-order valence-corrected chi connectivity index (χ1v) is 3.49. The Morgan fingerprint density at radius 1 is 1.18 bits per heavy atom. The molecule has 0 amide bonds. The minimum atomic E-state index is -1.19. The molecule has 1 heterocycles. The van der Waals surface area contributed by atoms with E-state index in [1.807, 2.05) is 0 Å². The van der Waals surface area contributed by atoms with E-state index in [4.69, 9.17) is 20.7 Å². The topological polar surface area (TPSA) is 95.9 Å². The summed E-state index contributed by atoms with van der Waals surface area (Å²) in [5, 5.41) is 27.4. The standard InChI is InChI=1S/C6H13NO4/c1-2-4(8)5(9)3(7)6(10)11-2/h2-6,8-10H,7H2,1H3/t2-,3-,4+,5-,6-/m1/s1. The highest BCUT2D eigenvalue weighted by molar-refractivity contribution is 4.88. The Labute approximate surface area is 64.4 Å². The summed E-state index contributed by atoms with van der Waals surface area (Å²) in [6, 6.07) is -0.929. The second-order valence-electron chi connectivity index (χ2n) is 2.79. The van der Waals surface area contributed by atoms with Crippen LogP contribution in [0.15, 0.2) is 0 Å². The molecule has 1 rings (SSSR count). The van der Waals surface area contributed by atoms with Gasteiger partial charge in [-0.3, -0.25) is 0 Å². The van der Waals surface area contributed by atoms with Gasteiger partial charge in [-0.2, -0.15) is 0 Å². The third-order valence-corrected chi connectivity index (χ3v) is 1.91. The van der Waals surface area contributed by atoms with E-state index in [-0.39, 0.29) is 0 Å². The second-order valence-corrected chi connectivity index (χ2v) is 2.79. The van der Waals surface area contributed by atoms with Gasteiger partial charge in [-0.05, 0) is 6.92 Å². The van der Waals surface area contributed by atoms with Gasteiger partial charge < -0.3 is 25.8 Å². The maximum absolute atomic E-state index is 9.17. The lowest BCUT2D eigenvalue weighted by Gasteiger charge is -2.37. The fraction of sp³-hybridized carbons (Fsp3) is 1.00. The zero-order chi connectivity index (χ0) is 8.59. The van der Waals surface area contributed by atoms with Crippen molar-refractivity contribution in [3.63, 3.8) is 0 Å². The predicted octanol–water partition coefficient (Wildman–Crippen LogP) is -2.23. The van der Waals surface area contributed by atoms with Crippen LogP contribution >= 0.6 is 0 Å². The molecule has 5 atom stereocenters. The van der Waals surface area contributed by atoms with E-state index in [0.29, 0.717) is 0 Å². The van der Waals surface area contributed by atoms with Crippen LogP contribution in [0.1, 0.15) is 6.92 Å². The van der Waals surface area contributed by atoms with Crippen LogP contribution in [-0.2, 0) is 4.74 Å². The fourth-order valence-corrected chi connectivity index (χ4v) is 1.07. The summed E-state index contributed by atoms with van der Waals surface area (Å²) in [5.74, 6) is 0. The van der Waals surface area contributed by atoms with Crippen molar-refractivity contribution in [1.29, 1.82) is 0 Å². The Balaban J connectivity index is 2.63. The smallest absolute Gasteiger partial charge is 0.172 e. The zero-order valence-electron chi connectivity index (χ0n) is 6.21. The van der Waals surface area contributed by atoms with Crippen LogP contribution in [0.5, 0.6) is 0 Å². The zero-order valence-corrected chi connectivity index (χ0v) is 6.21. The Morgan fingerprint density at radius 3 is 2.27 bits per heavy atom. The first-order valence-electron chi connectivity index (χ1n) is 3.49. The highest BCUT2D eigenvalue weighted by Gasteiger charge is 2.39. The van der Waals surface area contributed by atoms with E-state index in [1.165, 1.54) is 0 Å². The van der Waals surface area contributed by atoms with Gasteiger partial charge in [0.1, 0.15) is 12.2 Å². The normalized spacial score (nSPS) is 52.6. The Kier molecular flexibility index (Phi) is 2.46. The lowest BCUT2D eigenvalue weighted by Crippen LogP contribution is -2.60. The van der Waals surface area contributed by atoms with Gasteiger partial charge in [0.15, 0.2) is 6.29 Å². The van der Waals surface area contributed by atoms with E-state index in [0.717, 1.165) is 0 Å². The number of hydrogen-bond acceptors (Lipinski definition) is 5. The van der Waals surface area contributed by atoms with Crippen LogP contribution in [0, 0.1) is 0 Å². The van der Waals surface area contributed by atoms with Gasteiger partial charge in [0.25, 0.3) is 0 Å². The average molecular weight is 163 g/mol. The van der Waals surface area contributed by atoms with Gasteiger partial charge in [0.2, 0.25) is 0 Å². The molecular weight excluding hydrogens is 150 g/mol. The molecule has 0 aromatic heterocycles. The van der Waals surface area contributed by atoms with Crippen LogP contribution in [0.2, 0.25) is 0 Å². The molecule has 0 aromatic rings. The summed E-state index contributed by atoms with van der Waals surface area (Å²) < 4.78 is 4.80. The van der Waals surface area contributed by atoms with Crippen molar-refractivity contribution in [1.82, 2.24) is 0 Å². The lowest BCUT2D eigenvalue weighted by atomic mass is 9.99. The van der Waals surface area contributed by atoms with Crippen molar-refractivity contribution in [2.24, 2.45) is 5.73 Å². The average Bonchev–Trinajstić information content (AvgIpc) is 1.97. The minimum Gasteiger partial charge on any atom is -0.388 e.